The van der Waals surface area contributed by atoms with E-state index in [2.05, 4.69) is 15.2 Å². The highest BCUT2D eigenvalue weighted by Gasteiger charge is 2.43. The Hall–Kier alpha value is -3.99. The summed E-state index contributed by atoms with van der Waals surface area (Å²) in [6.07, 6.45) is 2.80. The molecular formula is C27H31N4O8P. The van der Waals surface area contributed by atoms with Crippen molar-refractivity contribution in [2.75, 3.05) is 18.0 Å². The molecule has 0 spiro atoms. The summed E-state index contributed by atoms with van der Waals surface area (Å²) in [5.74, 6) is -1.52. The monoisotopic (exact) mass is 570 g/mol. The van der Waals surface area contributed by atoms with Gasteiger partial charge in [0.25, 0.3) is 0 Å². The Morgan fingerprint density at radius 3 is 2.45 bits per heavy atom. The van der Waals surface area contributed by atoms with E-state index in [0.29, 0.717) is 30.4 Å². The van der Waals surface area contributed by atoms with E-state index in [9.17, 15) is 23.7 Å². The number of aryl methyl sites for hydroxylation is 1. The highest BCUT2D eigenvalue weighted by atomic mass is 31.2. The smallest absolute Gasteiger partial charge is 0.404 e. The maximum absolute atomic E-state index is 13.8. The van der Waals surface area contributed by atoms with Gasteiger partial charge in [-0.2, -0.15) is 0 Å². The van der Waals surface area contributed by atoms with Crippen molar-refractivity contribution in [2.45, 2.75) is 38.6 Å². The van der Waals surface area contributed by atoms with Gasteiger partial charge in [0, 0.05) is 31.8 Å². The molecule has 2 aliphatic rings. The van der Waals surface area contributed by atoms with E-state index in [1.807, 2.05) is 18.2 Å². The van der Waals surface area contributed by atoms with Crippen LogP contribution >= 0.6 is 7.82 Å². The van der Waals surface area contributed by atoms with Gasteiger partial charge in [0.05, 0.1) is 5.69 Å². The van der Waals surface area contributed by atoms with E-state index in [0.717, 1.165) is 16.8 Å². The minimum Gasteiger partial charge on any atom is -0.404 e. The highest BCUT2D eigenvalue weighted by Crippen LogP contribution is 2.41. The largest absolute Gasteiger partial charge is 0.524 e. The van der Waals surface area contributed by atoms with E-state index in [4.69, 9.17) is 15.5 Å². The van der Waals surface area contributed by atoms with Gasteiger partial charge in [0.1, 0.15) is 11.8 Å². The van der Waals surface area contributed by atoms with E-state index in [1.165, 1.54) is 23.1 Å². The van der Waals surface area contributed by atoms with Crippen LogP contribution < -0.4 is 25.8 Å². The lowest BCUT2D eigenvalue weighted by atomic mass is 9.93. The molecule has 0 aromatic heterocycles. The normalized spacial score (nSPS) is 18.5. The number of phosphoric acid groups is 1. The van der Waals surface area contributed by atoms with Gasteiger partial charge in [0.2, 0.25) is 11.8 Å². The van der Waals surface area contributed by atoms with Crippen molar-refractivity contribution < 1.29 is 38.1 Å². The molecule has 0 aliphatic carbocycles. The SMILES string of the molecule is C/C(=C\C(=O)C[C@H]1CCc2cccc3c2N(C1=O)[C@H](C(=O)NCCNC(N)=O)C3)c1ccc(OP(=O)(O)O)cc1. The van der Waals surface area contributed by atoms with Gasteiger partial charge in [-0.3, -0.25) is 29.1 Å². The second-order valence-corrected chi connectivity index (χ2v) is 10.9. The van der Waals surface area contributed by atoms with Gasteiger partial charge >= 0.3 is 13.9 Å². The zero-order valence-electron chi connectivity index (χ0n) is 21.8. The molecule has 2 aliphatic heterocycles. The van der Waals surface area contributed by atoms with E-state index in [-0.39, 0.29) is 42.9 Å². The number of benzene rings is 2. The molecule has 2 atom stereocenters. The number of ketones is 1. The second kappa shape index (κ2) is 12.0. The van der Waals surface area contributed by atoms with Crippen molar-refractivity contribution in [3.8, 4) is 5.75 Å². The summed E-state index contributed by atoms with van der Waals surface area (Å²) in [5, 5.41) is 5.15. The number of para-hydroxylation sites is 1. The Kier molecular flexibility index (Phi) is 8.73. The van der Waals surface area contributed by atoms with Gasteiger partial charge in [-0.05, 0) is 60.2 Å². The number of nitrogens with zero attached hydrogens (tertiary/aromatic N) is 1. The minimum absolute atomic E-state index is 0.00691. The molecular weight excluding hydrogens is 539 g/mol. The molecule has 12 nitrogen and oxygen atoms in total. The fraction of sp³-hybridized carbons (Fsp3) is 0.333. The molecule has 2 heterocycles. The fourth-order valence-corrected chi connectivity index (χ4v) is 5.52. The Labute approximate surface area is 230 Å². The van der Waals surface area contributed by atoms with Gasteiger partial charge in [-0.1, -0.05) is 30.3 Å². The van der Waals surface area contributed by atoms with Gasteiger partial charge < -0.3 is 20.9 Å². The van der Waals surface area contributed by atoms with Crippen LogP contribution in [0, 0.1) is 5.92 Å². The third-order valence-electron chi connectivity index (χ3n) is 6.90. The Balaban J connectivity index is 1.47. The lowest BCUT2D eigenvalue weighted by Crippen LogP contribution is -2.51. The number of nitrogens with two attached hydrogens (primary N) is 1. The number of hydrogen-bond acceptors (Lipinski definition) is 6. The summed E-state index contributed by atoms with van der Waals surface area (Å²) in [7, 11) is -4.68. The number of allylic oxidation sites excluding steroid dienone is 2. The number of carbonyl (C=O) groups is 4. The number of nitrogens with one attached hydrogen (secondary N) is 2. The van der Waals surface area contributed by atoms with Crippen molar-refractivity contribution >= 4 is 42.7 Å². The maximum Gasteiger partial charge on any atom is 0.524 e. The number of rotatable bonds is 10. The number of phosphoric ester groups is 1. The molecule has 0 radical (unpaired) electrons. The lowest BCUT2D eigenvalue weighted by Gasteiger charge is -2.27. The number of hydrogen-bond donors (Lipinski definition) is 5. The number of amides is 4. The summed E-state index contributed by atoms with van der Waals surface area (Å²) in [4.78, 5) is 70.2. The first kappa shape index (κ1) is 29.0. The summed E-state index contributed by atoms with van der Waals surface area (Å²) in [5.41, 5.74) is 8.91. The molecule has 4 amide bonds. The average molecular weight is 571 g/mol. The Morgan fingerprint density at radius 2 is 1.77 bits per heavy atom. The van der Waals surface area contributed by atoms with Crippen LogP contribution in [0.1, 0.15) is 36.5 Å². The first-order chi connectivity index (χ1) is 18.9. The third kappa shape index (κ3) is 6.95. The third-order valence-corrected chi connectivity index (χ3v) is 7.35. The van der Waals surface area contributed by atoms with Crippen LogP contribution in [0.25, 0.3) is 5.57 Å². The molecule has 0 fully saturated rings. The standard InChI is InChI=1S/C27H31N4O8P/c1-16(17-7-9-22(10-8-17)39-40(36,37)38)13-21(32)14-20-6-5-18-3-2-4-19-15-23(31(24(18)19)26(20)34)25(33)29-11-12-30-27(28)35/h2-4,7-10,13,20,23H,5-6,11-12,14-15H2,1H3,(H,29,33)(H3,28,30,35)(H2,36,37,38)/b16-13+/t20-,23+/m1/s1. The molecule has 0 saturated carbocycles. The molecule has 2 aromatic rings. The van der Waals surface area contributed by atoms with Crippen LogP contribution in [-0.4, -0.2) is 52.5 Å². The Morgan fingerprint density at radius 1 is 1.10 bits per heavy atom. The minimum atomic E-state index is -4.68. The maximum atomic E-state index is 13.8. The van der Waals surface area contributed by atoms with Gasteiger partial charge in [0.15, 0.2) is 5.78 Å². The first-order valence-electron chi connectivity index (χ1n) is 12.7. The van der Waals surface area contributed by atoms with E-state index in [1.54, 1.807) is 19.1 Å². The van der Waals surface area contributed by atoms with Gasteiger partial charge in [-0.25, -0.2) is 9.36 Å². The molecule has 0 saturated heterocycles. The summed E-state index contributed by atoms with van der Waals surface area (Å²) >= 11 is 0. The number of anilines is 1. The predicted molar refractivity (Wildman–Crippen MR) is 146 cm³/mol. The highest BCUT2D eigenvalue weighted by molar-refractivity contribution is 7.46. The zero-order valence-corrected chi connectivity index (χ0v) is 22.7. The van der Waals surface area contributed by atoms with Crippen LogP contribution in [0.4, 0.5) is 10.5 Å². The van der Waals surface area contributed by atoms with E-state index >= 15 is 0 Å². The molecule has 4 rings (SSSR count). The number of carbonyl (C=O) groups excluding carboxylic acids is 4. The summed E-state index contributed by atoms with van der Waals surface area (Å²) in [6, 6.07) is 10.2. The summed E-state index contributed by atoms with van der Waals surface area (Å²) < 4.78 is 15.6. The Bertz CT molecular complexity index is 1400. The molecule has 0 bridgehead atoms. The topological polar surface area (TPSA) is 188 Å². The van der Waals surface area contributed by atoms with Crippen LogP contribution in [0.5, 0.6) is 5.75 Å². The van der Waals surface area contributed by atoms with Crippen molar-refractivity contribution in [2.24, 2.45) is 11.7 Å². The van der Waals surface area contributed by atoms with Crippen molar-refractivity contribution in [1.29, 1.82) is 0 Å². The molecule has 40 heavy (non-hydrogen) atoms. The molecule has 2 aromatic carbocycles. The zero-order chi connectivity index (χ0) is 29.0. The lowest BCUT2D eigenvalue weighted by molar-refractivity contribution is -0.129. The van der Waals surface area contributed by atoms with Crippen molar-refractivity contribution in [3.63, 3.8) is 0 Å². The quantitative estimate of drug-likeness (QED) is 0.162. The average Bonchev–Trinajstić information content (AvgIpc) is 3.22. The number of urea groups is 1. The summed E-state index contributed by atoms with van der Waals surface area (Å²) in [6.45, 7) is 2.03. The molecule has 6 N–H and O–H groups in total. The number of primary amides is 1. The van der Waals surface area contributed by atoms with Crippen LogP contribution in [0.2, 0.25) is 0 Å². The molecule has 212 valence electrons. The predicted octanol–water partition coefficient (Wildman–Crippen LogP) is 1.83. The first-order valence-corrected chi connectivity index (χ1v) is 14.3. The molecule has 0 unspecified atom stereocenters. The van der Waals surface area contributed by atoms with Crippen molar-refractivity contribution in [3.05, 3.63) is 65.2 Å². The molecule has 13 heteroatoms. The van der Waals surface area contributed by atoms with E-state index < -0.39 is 25.8 Å². The van der Waals surface area contributed by atoms with Crippen molar-refractivity contribution in [1.82, 2.24) is 10.6 Å². The van der Waals surface area contributed by atoms with Crippen LogP contribution in [0.3, 0.4) is 0 Å². The fourth-order valence-electron chi connectivity index (χ4n) is 5.12. The van der Waals surface area contributed by atoms with Gasteiger partial charge in [-0.15, -0.1) is 0 Å². The van der Waals surface area contributed by atoms with Crippen LogP contribution in [-0.2, 0) is 31.8 Å². The second-order valence-electron chi connectivity index (χ2n) is 9.77. The van der Waals surface area contributed by atoms with Crippen LogP contribution in [0.15, 0.2) is 48.5 Å².